The molecular weight excluding hydrogens is 242 g/mol. The van der Waals surface area contributed by atoms with Gasteiger partial charge in [-0.1, -0.05) is 27.2 Å². The second-order valence-electron chi connectivity index (χ2n) is 4.99. The van der Waals surface area contributed by atoms with Gasteiger partial charge in [0.25, 0.3) is 0 Å². The Bertz CT molecular complexity index is 407. The van der Waals surface area contributed by atoms with Crippen LogP contribution in [0.4, 0.5) is 5.82 Å². The predicted molar refractivity (Wildman–Crippen MR) is 74.9 cm³/mol. The quantitative estimate of drug-likeness (QED) is 0.767. The van der Waals surface area contributed by atoms with E-state index in [0.717, 1.165) is 18.5 Å². The van der Waals surface area contributed by atoms with E-state index in [9.17, 15) is 4.79 Å². The van der Waals surface area contributed by atoms with E-state index in [0.29, 0.717) is 18.2 Å². The Kier molecular flexibility index (Phi) is 6.25. The third kappa shape index (κ3) is 5.24. The molecule has 0 aliphatic rings. The third-order valence-corrected chi connectivity index (χ3v) is 2.74. The van der Waals surface area contributed by atoms with Gasteiger partial charge in [-0.25, -0.2) is 14.8 Å². The molecule has 19 heavy (non-hydrogen) atoms. The van der Waals surface area contributed by atoms with Gasteiger partial charge in [-0.15, -0.1) is 0 Å². The second kappa shape index (κ2) is 7.71. The minimum Gasteiger partial charge on any atom is -0.467 e. The fourth-order valence-electron chi connectivity index (χ4n) is 1.88. The number of hydrogen-bond donors (Lipinski definition) is 1. The van der Waals surface area contributed by atoms with Gasteiger partial charge in [-0.2, -0.15) is 0 Å². The summed E-state index contributed by atoms with van der Waals surface area (Å²) in [6, 6.07) is 1.52. The number of ether oxygens (including phenoxy) is 1. The molecule has 1 heterocycles. The Morgan fingerprint density at radius 1 is 1.42 bits per heavy atom. The maximum atomic E-state index is 11.7. The van der Waals surface area contributed by atoms with Crippen LogP contribution < -0.4 is 5.32 Å². The molecule has 0 saturated heterocycles. The normalized spacial score (nSPS) is 12.3. The van der Waals surface area contributed by atoms with Crippen molar-refractivity contribution in [3.05, 3.63) is 18.1 Å². The molecule has 1 N–H and O–H groups in total. The van der Waals surface area contributed by atoms with Gasteiger partial charge < -0.3 is 10.1 Å². The Morgan fingerprint density at radius 3 is 2.74 bits per heavy atom. The van der Waals surface area contributed by atoms with Gasteiger partial charge in [0.15, 0.2) is 0 Å². The van der Waals surface area contributed by atoms with Crippen LogP contribution in [0.1, 0.15) is 39.3 Å². The van der Waals surface area contributed by atoms with Crippen LogP contribution in [0.25, 0.3) is 0 Å². The Hall–Kier alpha value is -1.65. The maximum Gasteiger partial charge on any atom is 0.328 e. The monoisotopic (exact) mass is 265 g/mol. The van der Waals surface area contributed by atoms with E-state index in [-0.39, 0.29) is 12.0 Å². The lowest BCUT2D eigenvalue weighted by Crippen LogP contribution is -2.32. The first kappa shape index (κ1) is 15.4. The van der Waals surface area contributed by atoms with E-state index < -0.39 is 0 Å². The number of aromatic nitrogens is 2. The van der Waals surface area contributed by atoms with Crippen molar-refractivity contribution in [2.24, 2.45) is 5.92 Å². The summed E-state index contributed by atoms with van der Waals surface area (Å²) in [6.45, 7) is 6.24. The molecule has 1 aromatic heterocycles. The Labute approximate surface area is 114 Å². The molecule has 1 atom stereocenters. The number of carbonyl (C=O) groups excluding carboxylic acids is 1. The van der Waals surface area contributed by atoms with Crippen LogP contribution in [0.2, 0.25) is 0 Å². The average Bonchev–Trinajstić information content (AvgIpc) is 2.37. The molecule has 1 unspecified atom stereocenters. The number of nitrogens with one attached hydrogen (secondary N) is 1. The molecule has 0 amide bonds. The van der Waals surface area contributed by atoms with E-state index in [4.69, 9.17) is 4.74 Å². The zero-order valence-electron chi connectivity index (χ0n) is 12.1. The van der Waals surface area contributed by atoms with E-state index in [1.54, 1.807) is 0 Å². The summed E-state index contributed by atoms with van der Waals surface area (Å²) in [6.07, 6.45) is 4.17. The molecule has 0 aliphatic heterocycles. The number of aryl methyl sites for hydroxylation is 1. The topological polar surface area (TPSA) is 64.1 Å². The molecule has 5 nitrogen and oxygen atoms in total. The first-order valence-corrected chi connectivity index (χ1v) is 6.72. The number of carbonyl (C=O) groups is 1. The van der Waals surface area contributed by atoms with Gasteiger partial charge in [-0.3, -0.25) is 0 Å². The van der Waals surface area contributed by atoms with Crippen LogP contribution in [-0.2, 0) is 16.0 Å². The van der Waals surface area contributed by atoms with Crippen molar-refractivity contribution in [3.63, 3.8) is 0 Å². The smallest absolute Gasteiger partial charge is 0.328 e. The van der Waals surface area contributed by atoms with E-state index >= 15 is 0 Å². The third-order valence-electron chi connectivity index (χ3n) is 2.74. The lowest BCUT2D eigenvalue weighted by Gasteiger charge is -2.18. The average molecular weight is 265 g/mol. The van der Waals surface area contributed by atoms with Crippen molar-refractivity contribution >= 4 is 11.8 Å². The van der Waals surface area contributed by atoms with Gasteiger partial charge in [-0.05, 0) is 18.8 Å². The minimum atomic E-state index is -0.366. The molecule has 106 valence electrons. The van der Waals surface area contributed by atoms with Gasteiger partial charge in [0.1, 0.15) is 18.2 Å². The molecule has 0 radical (unpaired) electrons. The molecule has 5 heteroatoms. The highest BCUT2D eigenvalue weighted by molar-refractivity contribution is 5.78. The summed E-state index contributed by atoms with van der Waals surface area (Å²) < 4.78 is 4.82. The predicted octanol–water partition coefficient (Wildman–Crippen LogP) is 2.43. The highest BCUT2D eigenvalue weighted by Crippen LogP contribution is 2.13. The first-order chi connectivity index (χ1) is 9.06. The second-order valence-corrected chi connectivity index (χ2v) is 4.99. The summed E-state index contributed by atoms with van der Waals surface area (Å²) in [5, 5.41) is 3.13. The SMILES string of the molecule is CCCc1cc(NC(CC(C)C)C(=O)OC)ncn1. The maximum absolute atomic E-state index is 11.7. The highest BCUT2D eigenvalue weighted by Gasteiger charge is 2.20. The van der Waals surface area contributed by atoms with Crippen molar-refractivity contribution in [1.82, 2.24) is 9.97 Å². The number of rotatable bonds is 7. The zero-order chi connectivity index (χ0) is 14.3. The molecule has 0 spiro atoms. The van der Waals surface area contributed by atoms with Gasteiger partial charge in [0, 0.05) is 11.8 Å². The van der Waals surface area contributed by atoms with E-state index in [1.807, 2.05) is 6.07 Å². The fourth-order valence-corrected chi connectivity index (χ4v) is 1.88. The van der Waals surface area contributed by atoms with Crippen LogP contribution in [0.15, 0.2) is 12.4 Å². The zero-order valence-corrected chi connectivity index (χ0v) is 12.1. The summed E-state index contributed by atoms with van der Waals surface area (Å²) in [4.78, 5) is 20.1. The van der Waals surface area contributed by atoms with Crippen molar-refractivity contribution in [3.8, 4) is 0 Å². The summed E-state index contributed by atoms with van der Waals surface area (Å²) in [5.74, 6) is 0.812. The molecule has 0 aliphatic carbocycles. The fraction of sp³-hybridized carbons (Fsp3) is 0.643. The van der Waals surface area contributed by atoms with Crippen LogP contribution >= 0.6 is 0 Å². The summed E-state index contributed by atoms with van der Waals surface area (Å²) in [5.41, 5.74) is 0.980. The molecule has 0 aromatic carbocycles. The number of hydrogen-bond acceptors (Lipinski definition) is 5. The minimum absolute atomic E-state index is 0.260. The highest BCUT2D eigenvalue weighted by atomic mass is 16.5. The molecule has 0 bridgehead atoms. The summed E-state index contributed by atoms with van der Waals surface area (Å²) >= 11 is 0. The van der Waals surface area contributed by atoms with Crippen molar-refractivity contribution in [2.75, 3.05) is 12.4 Å². The van der Waals surface area contributed by atoms with E-state index in [2.05, 4.69) is 36.1 Å². The number of nitrogens with zero attached hydrogens (tertiary/aromatic N) is 2. The number of esters is 1. The van der Waals surface area contributed by atoms with Crippen molar-refractivity contribution < 1.29 is 9.53 Å². The molecule has 1 aromatic rings. The molecule has 1 rings (SSSR count). The van der Waals surface area contributed by atoms with Gasteiger partial charge in [0.2, 0.25) is 0 Å². The summed E-state index contributed by atoms with van der Waals surface area (Å²) in [7, 11) is 1.40. The van der Waals surface area contributed by atoms with Crippen molar-refractivity contribution in [2.45, 2.75) is 46.1 Å². The standard InChI is InChI=1S/C14H23N3O2/c1-5-6-11-8-13(16-9-15-11)17-12(7-10(2)3)14(18)19-4/h8-10,12H,5-7H2,1-4H3,(H,15,16,17). The number of anilines is 1. The first-order valence-electron chi connectivity index (χ1n) is 6.72. The largest absolute Gasteiger partial charge is 0.467 e. The van der Waals surface area contributed by atoms with Gasteiger partial charge in [0.05, 0.1) is 7.11 Å². The van der Waals surface area contributed by atoms with E-state index in [1.165, 1.54) is 13.4 Å². The number of methoxy groups -OCH3 is 1. The van der Waals surface area contributed by atoms with Crippen LogP contribution in [0.3, 0.4) is 0 Å². The van der Waals surface area contributed by atoms with Crippen LogP contribution in [-0.4, -0.2) is 29.1 Å². The Balaban J connectivity index is 2.77. The molecule has 0 saturated carbocycles. The van der Waals surface area contributed by atoms with Gasteiger partial charge >= 0.3 is 5.97 Å². The molecular formula is C14H23N3O2. The lowest BCUT2D eigenvalue weighted by atomic mass is 10.0. The lowest BCUT2D eigenvalue weighted by molar-refractivity contribution is -0.141. The van der Waals surface area contributed by atoms with Crippen LogP contribution in [0, 0.1) is 5.92 Å². The Morgan fingerprint density at radius 2 is 2.16 bits per heavy atom. The molecule has 0 fully saturated rings. The van der Waals surface area contributed by atoms with Crippen LogP contribution in [0.5, 0.6) is 0 Å². The van der Waals surface area contributed by atoms with Crippen molar-refractivity contribution in [1.29, 1.82) is 0 Å².